The van der Waals surface area contributed by atoms with Crippen molar-refractivity contribution < 1.29 is 90.9 Å². The molecule has 0 aliphatic rings. The van der Waals surface area contributed by atoms with Gasteiger partial charge in [0.2, 0.25) is 0 Å². The fourth-order valence-corrected chi connectivity index (χ4v) is 5.76. The van der Waals surface area contributed by atoms with E-state index >= 15 is 0 Å². The van der Waals surface area contributed by atoms with Crippen LogP contribution in [0.5, 0.6) is 5.75 Å². The molecule has 1 rings (SSSR count). The predicted molar refractivity (Wildman–Crippen MR) is 105 cm³/mol. The molecule has 0 fully saturated rings. The maximum Gasteiger partial charge on any atom is 0.460 e. The molecule has 0 unspecified atom stereocenters. The zero-order valence-corrected chi connectivity index (χ0v) is 21.8. The lowest BCUT2D eigenvalue weighted by molar-refractivity contribution is -0.458. The molecule has 1 aromatic rings. The van der Waals surface area contributed by atoms with Crippen LogP contribution in [0.1, 0.15) is 0 Å². The van der Waals surface area contributed by atoms with E-state index in [0.29, 0.717) is 17.0 Å². The lowest BCUT2D eigenvalue weighted by atomic mass is 9.91. The number of rotatable bonds is 11. The summed E-state index contributed by atoms with van der Waals surface area (Å²) < 4.78 is 259. The molecule has 0 saturated heterocycles. The van der Waals surface area contributed by atoms with E-state index in [1.54, 1.807) is 0 Å². The number of hydrogen-bond acceptors (Lipinski definition) is 4. The highest BCUT2D eigenvalue weighted by molar-refractivity contribution is 9.10. The van der Waals surface area contributed by atoms with Crippen molar-refractivity contribution in [1.82, 2.24) is 0 Å². The summed E-state index contributed by atoms with van der Waals surface area (Å²) in [6, 6.07) is 4.22. The highest BCUT2D eigenvalue weighted by atomic mass is 79.9. The molecule has 0 heterocycles. The van der Waals surface area contributed by atoms with Crippen LogP contribution >= 0.6 is 26.5 Å². The summed E-state index contributed by atoms with van der Waals surface area (Å²) in [4.78, 5) is 0. The van der Waals surface area contributed by atoms with E-state index in [1.807, 2.05) is 0 Å². The third-order valence-corrected chi connectivity index (χ3v) is 8.41. The van der Waals surface area contributed by atoms with Gasteiger partial charge in [0.1, 0.15) is 0 Å². The summed E-state index contributed by atoms with van der Waals surface area (Å²) in [7, 11) is -11.9. The van der Waals surface area contributed by atoms with Gasteiger partial charge in [0.15, 0.2) is 5.75 Å². The van der Waals surface area contributed by atoms with Gasteiger partial charge in [-0.25, -0.2) is 0 Å². The molecule has 0 spiro atoms. The zero-order valence-electron chi connectivity index (χ0n) is 18.6. The van der Waals surface area contributed by atoms with E-state index in [-0.39, 0.29) is 0 Å². The van der Waals surface area contributed by atoms with Crippen molar-refractivity contribution in [1.29, 1.82) is 0 Å². The first-order valence-electron chi connectivity index (χ1n) is 9.03. The van der Waals surface area contributed by atoms with Gasteiger partial charge in [0.05, 0.1) is 0 Å². The summed E-state index contributed by atoms with van der Waals surface area (Å²) in [5, 5.41) is -7.78. The summed E-state index contributed by atoms with van der Waals surface area (Å²) in [6.07, 6.45) is -7.10. The summed E-state index contributed by atoms with van der Waals surface area (Å²) in [5.41, 5.74) is 0. The Morgan fingerprint density at radius 3 is 1.25 bits per heavy atom. The first kappa shape index (κ1) is 36.6. The van der Waals surface area contributed by atoms with E-state index in [9.17, 15) is 83.1 Å². The van der Waals surface area contributed by atoms with Crippen LogP contribution in [0.2, 0.25) is 0 Å². The SMILES string of the molecule is CS(C)(Oc1ccc(Br)cc1)OS(=O)(=O)C(F)(F)C(F)(F)C(F)(F)C(F)(F)C(F)(F)C(F)(F)C(F)(F)C(F)(F)F. The highest BCUT2D eigenvalue weighted by Gasteiger charge is 2.96. The smallest absolute Gasteiger partial charge is 0.391 e. The van der Waals surface area contributed by atoms with Crippen LogP contribution in [0, 0.1) is 0 Å². The van der Waals surface area contributed by atoms with Crippen LogP contribution in [-0.2, 0) is 13.7 Å². The van der Waals surface area contributed by atoms with E-state index < -0.39 is 73.4 Å². The van der Waals surface area contributed by atoms with Gasteiger partial charge >= 0.3 is 57.1 Å². The van der Waals surface area contributed by atoms with Crippen molar-refractivity contribution >= 4 is 36.6 Å². The molecular formula is C16H10BrF17O4S2. The molecule has 0 N–H and O–H groups in total. The highest BCUT2D eigenvalue weighted by Crippen LogP contribution is 2.65. The number of alkyl halides is 17. The minimum atomic E-state index is -8.92. The zero-order chi connectivity index (χ0) is 32.4. The molecule has 0 amide bonds. The van der Waals surface area contributed by atoms with Crippen molar-refractivity contribution in [2.24, 2.45) is 0 Å². The molecule has 236 valence electrons. The molecule has 0 radical (unpaired) electrons. The van der Waals surface area contributed by atoms with Crippen molar-refractivity contribution in [2.45, 2.75) is 47.0 Å². The Hall–Kier alpha value is -1.43. The summed E-state index contributed by atoms with van der Waals surface area (Å²) in [5.74, 6) is -52.6. The lowest BCUT2D eigenvalue weighted by Crippen LogP contribution is -2.75. The molecule has 40 heavy (non-hydrogen) atoms. The Kier molecular flexibility index (Phi) is 9.23. The predicted octanol–water partition coefficient (Wildman–Crippen LogP) is 8.04. The second-order valence-electron chi connectivity index (χ2n) is 7.66. The molecule has 0 bridgehead atoms. The first-order valence-corrected chi connectivity index (χ1v) is 13.5. The number of hydrogen-bond donors (Lipinski definition) is 0. The van der Waals surface area contributed by atoms with Crippen LogP contribution in [0.15, 0.2) is 28.7 Å². The standard InChI is InChI=1S/C16H10BrF17O4S2/c1-39(2,37-8-5-3-7(17)4-6-8)38-40(35,36)16(33,34)14(28,29)12(24,25)10(20,21)9(18,19)11(22,23)13(26,27)15(30,31)32/h3-6H,1-2H3. The molecule has 1 aromatic carbocycles. The van der Waals surface area contributed by atoms with Gasteiger partial charge < -0.3 is 4.18 Å². The van der Waals surface area contributed by atoms with Crippen LogP contribution in [0.4, 0.5) is 74.6 Å². The van der Waals surface area contributed by atoms with Crippen molar-refractivity contribution in [3.05, 3.63) is 28.7 Å². The van der Waals surface area contributed by atoms with Crippen molar-refractivity contribution in [3.63, 3.8) is 0 Å². The van der Waals surface area contributed by atoms with Gasteiger partial charge in [-0.15, -0.1) is 14.2 Å². The Morgan fingerprint density at radius 2 is 0.900 bits per heavy atom. The van der Waals surface area contributed by atoms with Gasteiger partial charge in [-0.05, 0) is 24.3 Å². The first-order chi connectivity index (χ1) is 17.2. The lowest BCUT2D eigenvalue weighted by Gasteiger charge is -2.43. The Morgan fingerprint density at radius 1 is 0.575 bits per heavy atom. The third-order valence-electron chi connectivity index (χ3n) is 4.37. The molecule has 0 saturated carbocycles. The molecule has 0 aliphatic heterocycles. The Balaban J connectivity index is 3.60. The van der Waals surface area contributed by atoms with Crippen LogP contribution in [-0.4, -0.2) is 67.9 Å². The van der Waals surface area contributed by atoms with Gasteiger partial charge in [-0.2, -0.15) is 83.1 Å². The fraction of sp³-hybridized carbons (Fsp3) is 0.625. The average Bonchev–Trinajstić information content (AvgIpc) is 2.72. The van der Waals surface area contributed by atoms with Gasteiger partial charge in [0, 0.05) is 17.0 Å². The summed E-state index contributed by atoms with van der Waals surface area (Å²) in [6.45, 7) is 0. The molecule has 0 atom stereocenters. The summed E-state index contributed by atoms with van der Waals surface area (Å²) >= 11 is 2.91. The minimum absolute atomic E-state index is 0.325. The molecular weight excluding hydrogens is 723 g/mol. The van der Waals surface area contributed by atoms with Crippen molar-refractivity contribution in [3.8, 4) is 5.75 Å². The normalized spacial score (nSPS) is 16.2. The Bertz CT molecular complexity index is 1180. The minimum Gasteiger partial charge on any atom is -0.391 e. The van der Waals surface area contributed by atoms with Gasteiger partial charge in [-0.1, -0.05) is 15.9 Å². The van der Waals surface area contributed by atoms with E-state index in [2.05, 4.69) is 19.6 Å². The quantitative estimate of drug-likeness (QED) is 0.216. The topological polar surface area (TPSA) is 52.6 Å². The fourth-order valence-electron chi connectivity index (χ4n) is 2.30. The van der Waals surface area contributed by atoms with Gasteiger partial charge in [-0.3, -0.25) is 0 Å². The second-order valence-corrected chi connectivity index (χ2v) is 13.0. The molecule has 4 nitrogen and oxygen atoms in total. The molecule has 0 aliphatic carbocycles. The second kappa shape index (κ2) is 10.1. The third kappa shape index (κ3) is 5.52. The average molecular weight is 733 g/mol. The molecule has 24 heteroatoms. The maximum absolute atomic E-state index is 14.2. The Labute approximate surface area is 221 Å². The monoisotopic (exact) mass is 732 g/mol. The van der Waals surface area contributed by atoms with Crippen molar-refractivity contribution in [2.75, 3.05) is 12.5 Å². The largest absolute Gasteiger partial charge is 0.460 e. The number of benzene rings is 1. The molecule has 0 aromatic heterocycles. The van der Waals surface area contributed by atoms with Crippen LogP contribution < -0.4 is 4.18 Å². The van der Waals surface area contributed by atoms with E-state index in [0.717, 1.165) is 24.3 Å². The van der Waals surface area contributed by atoms with Gasteiger partial charge in [0.25, 0.3) is 0 Å². The van der Waals surface area contributed by atoms with Crippen LogP contribution in [0.25, 0.3) is 0 Å². The van der Waals surface area contributed by atoms with Crippen LogP contribution in [0.3, 0.4) is 0 Å². The number of halogens is 18. The van der Waals surface area contributed by atoms with E-state index in [4.69, 9.17) is 4.18 Å². The maximum atomic E-state index is 14.2. The van der Waals surface area contributed by atoms with E-state index in [1.165, 1.54) is 0 Å².